The summed E-state index contributed by atoms with van der Waals surface area (Å²) >= 11 is 3.10. The number of hydrogen-bond acceptors (Lipinski definition) is 1. The zero-order valence-electron chi connectivity index (χ0n) is 10.1. The second kappa shape index (κ2) is 6.09. The maximum absolute atomic E-state index is 13.5. The first-order valence-electron chi connectivity index (χ1n) is 5.64. The molecule has 0 heterocycles. The second-order valence-corrected chi connectivity index (χ2v) is 5.00. The lowest BCUT2D eigenvalue weighted by molar-refractivity contribution is -0.115. The van der Waals surface area contributed by atoms with Gasteiger partial charge in [0.15, 0.2) is 0 Å². The van der Waals surface area contributed by atoms with Crippen LogP contribution in [0.4, 0.5) is 18.9 Å². The van der Waals surface area contributed by atoms with Crippen LogP contribution in [0.3, 0.4) is 0 Å². The summed E-state index contributed by atoms with van der Waals surface area (Å²) in [4.78, 5) is 11.7. The van der Waals surface area contributed by atoms with Gasteiger partial charge >= 0.3 is 0 Å². The molecule has 0 saturated carbocycles. The van der Waals surface area contributed by atoms with E-state index < -0.39 is 23.4 Å². The minimum Gasteiger partial charge on any atom is -0.323 e. The van der Waals surface area contributed by atoms with Crippen molar-refractivity contribution in [2.75, 3.05) is 5.32 Å². The quantitative estimate of drug-likeness (QED) is 0.894. The highest BCUT2D eigenvalue weighted by Crippen LogP contribution is 2.18. The maximum Gasteiger partial charge on any atom is 0.228 e. The van der Waals surface area contributed by atoms with Crippen LogP contribution >= 0.6 is 15.9 Å². The zero-order chi connectivity index (χ0) is 14.7. The highest BCUT2D eigenvalue weighted by atomic mass is 79.9. The standard InChI is InChI=1S/C14H9BrF3NO/c15-9-2-1-8(12(18)6-9)5-14(20)19-13-7-10(16)3-4-11(13)17/h1-4,6-7H,5H2,(H,19,20). The molecule has 20 heavy (non-hydrogen) atoms. The maximum atomic E-state index is 13.5. The third-order valence-electron chi connectivity index (χ3n) is 2.57. The zero-order valence-corrected chi connectivity index (χ0v) is 11.7. The Morgan fingerprint density at radius 2 is 1.80 bits per heavy atom. The SMILES string of the molecule is O=C(Cc1ccc(Br)cc1F)Nc1cc(F)ccc1F. The molecule has 0 fully saturated rings. The van der Waals surface area contributed by atoms with Crippen LogP contribution in [0.5, 0.6) is 0 Å². The first kappa shape index (κ1) is 14.6. The lowest BCUT2D eigenvalue weighted by atomic mass is 10.1. The van der Waals surface area contributed by atoms with Crippen molar-refractivity contribution in [2.24, 2.45) is 0 Å². The number of amides is 1. The van der Waals surface area contributed by atoms with Gasteiger partial charge in [0.25, 0.3) is 0 Å². The molecular weight excluding hydrogens is 335 g/mol. The van der Waals surface area contributed by atoms with E-state index in [0.717, 1.165) is 18.2 Å². The molecule has 1 amide bonds. The van der Waals surface area contributed by atoms with Crippen LogP contribution in [0.15, 0.2) is 40.9 Å². The van der Waals surface area contributed by atoms with E-state index in [1.165, 1.54) is 12.1 Å². The van der Waals surface area contributed by atoms with Crippen LogP contribution in [0.2, 0.25) is 0 Å². The lowest BCUT2D eigenvalue weighted by Crippen LogP contribution is -2.16. The van der Waals surface area contributed by atoms with Crippen molar-refractivity contribution < 1.29 is 18.0 Å². The number of halogens is 4. The molecule has 0 spiro atoms. The number of hydrogen-bond donors (Lipinski definition) is 1. The normalized spacial score (nSPS) is 10.4. The van der Waals surface area contributed by atoms with Gasteiger partial charge in [-0.3, -0.25) is 4.79 Å². The molecule has 0 radical (unpaired) electrons. The predicted octanol–water partition coefficient (Wildman–Crippen LogP) is 4.05. The fourth-order valence-corrected chi connectivity index (χ4v) is 1.96. The molecule has 1 N–H and O–H groups in total. The van der Waals surface area contributed by atoms with E-state index >= 15 is 0 Å². The van der Waals surface area contributed by atoms with Crippen molar-refractivity contribution in [1.82, 2.24) is 0 Å². The van der Waals surface area contributed by atoms with E-state index in [1.807, 2.05) is 0 Å². The monoisotopic (exact) mass is 343 g/mol. The molecule has 2 aromatic carbocycles. The Hall–Kier alpha value is -1.82. The van der Waals surface area contributed by atoms with Crippen molar-refractivity contribution in [3.63, 3.8) is 0 Å². The van der Waals surface area contributed by atoms with E-state index in [4.69, 9.17) is 0 Å². The number of benzene rings is 2. The third-order valence-corrected chi connectivity index (χ3v) is 3.06. The highest BCUT2D eigenvalue weighted by molar-refractivity contribution is 9.10. The van der Waals surface area contributed by atoms with Crippen molar-refractivity contribution in [1.29, 1.82) is 0 Å². The first-order valence-corrected chi connectivity index (χ1v) is 6.44. The van der Waals surface area contributed by atoms with Gasteiger partial charge in [0.1, 0.15) is 17.5 Å². The summed E-state index contributed by atoms with van der Waals surface area (Å²) in [6, 6.07) is 6.98. The van der Waals surface area contributed by atoms with E-state index in [1.54, 1.807) is 6.07 Å². The lowest BCUT2D eigenvalue weighted by Gasteiger charge is -2.07. The number of rotatable bonds is 3. The van der Waals surface area contributed by atoms with Gasteiger partial charge in [-0.1, -0.05) is 22.0 Å². The molecule has 104 valence electrons. The molecule has 0 bridgehead atoms. The first-order chi connectivity index (χ1) is 9.45. The Kier molecular flexibility index (Phi) is 4.44. The molecule has 0 aliphatic rings. The van der Waals surface area contributed by atoms with Crippen molar-refractivity contribution in [2.45, 2.75) is 6.42 Å². The van der Waals surface area contributed by atoms with Gasteiger partial charge in [-0.15, -0.1) is 0 Å². The predicted molar refractivity (Wildman–Crippen MR) is 72.8 cm³/mol. The molecule has 2 aromatic rings. The molecule has 0 unspecified atom stereocenters. The van der Waals surface area contributed by atoms with Crippen LogP contribution < -0.4 is 5.32 Å². The van der Waals surface area contributed by atoms with Gasteiger partial charge in [-0.2, -0.15) is 0 Å². The Labute approximate surface area is 121 Å². The molecule has 2 rings (SSSR count). The van der Waals surface area contributed by atoms with E-state index in [-0.39, 0.29) is 17.7 Å². The highest BCUT2D eigenvalue weighted by Gasteiger charge is 2.11. The average molecular weight is 344 g/mol. The Bertz CT molecular complexity index is 661. The molecular formula is C14H9BrF3NO. The molecule has 0 aromatic heterocycles. The van der Waals surface area contributed by atoms with Gasteiger partial charge < -0.3 is 5.32 Å². The fourth-order valence-electron chi connectivity index (χ4n) is 1.63. The van der Waals surface area contributed by atoms with Crippen LogP contribution in [0, 0.1) is 17.5 Å². The fraction of sp³-hybridized carbons (Fsp3) is 0.0714. The Morgan fingerprint density at radius 3 is 2.50 bits per heavy atom. The summed E-state index contributed by atoms with van der Waals surface area (Å²) in [5, 5.41) is 2.21. The van der Waals surface area contributed by atoms with E-state index in [2.05, 4.69) is 21.2 Å². The molecule has 0 aliphatic heterocycles. The number of anilines is 1. The molecule has 0 aliphatic carbocycles. The van der Waals surface area contributed by atoms with E-state index in [9.17, 15) is 18.0 Å². The molecule has 6 heteroatoms. The Morgan fingerprint density at radius 1 is 1.05 bits per heavy atom. The topological polar surface area (TPSA) is 29.1 Å². The summed E-state index contributed by atoms with van der Waals surface area (Å²) in [5.74, 6) is -2.60. The largest absolute Gasteiger partial charge is 0.323 e. The number of carbonyl (C=O) groups is 1. The van der Waals surface area contributed by atoms with Gasteiger partial charge in [-0.25, -0.2) is 13.2 Å². The van der Waals surface area contributed by atoms with Crippen molar-refractivity contribution >= 4 is 27.5 Å². The summed E-state index contributed by atoms with van der Waals surface area (Å²) in [5.41, 5.74) is -0.102. The minimum atomic E-state index is -0.754. The van der Waals surface area contributed by atoms with Crippen LogP contribution in [-0.4, -0.2) is 5.91 Å². The molecule has 0 saturated heterocycles. The van der Waals surface area contributed by atoms with E-state index in [0.29, 0.717) is 4.47 Å². The van der Waals surface area contributed by atoms with Crippen LogP contribution in [0.25, 0.3) is 0 Å². The molecule has 2 nitrogen and oxygen atoms in total. The second-order valence-electron chi connectivity index (χ2n) is 4.08. The van der Waals surface area contributed by atoms with Crippen LogP contribution in [-0.2, 0) is 11.2 Å². The van der Waals surface area contributed by atoms with Gasteiger partial charge in [-0.05, 0) is 29.8 Å². The minimum absolute atomic E-state index is 0.169. The number of carbonyl (C=O) groups excluding carboxylic acids is 1. The summed E-state index contributed by atoms with van der Waals surface area (Å²) in [6.07, 6.45) is -0.269. The summed E-state index contributed by atoms with van der Waals surface area (Å²) in [7, 11) is 0. The van der Waals surface area contributed by atoms with Gasteiger partial charge in [0.2, 0.25) is 5.91 Å². The third kappa shape index (κ3) is 3.60. The molecule has 0 atom stereocenters. The average Bonchev–Trinajstić information content (AvgIpc) is 2.37. The van der Waals surface area contributed by atoms with Crippen molar-refractivity contribution in [3.8, 4) is 0 Å². The van der Waals surface area contributed by atoms with Gasteiger partial charge in [0, 0.05) is 10.5 Å². The van der Waals surface area contributed by atoms with Gasteiger partial charge in [0.05, 0.1) is 12.1 Å². The summed E-state index contributed by atoms with van der Waals surface area (Å²) < 4.78 is 40.4. The smallest absolute Gasteiger partial charge is 0.228 e. The Balaban J connectivity index is 2.11. The van der Waals surface area contributed by atoms with Crippen molar-refractivity contribution in [3.05, 3.63) is 63.9 Å². The van der Waals surface area contributed by atoms with Crippen LogP contribution in [0.1, 0.15) is 5.56 Å². The summed E-state index contributed by atoms with van der Waals surface area (Å²) in [6.45, 7) is 0. The number of nitrogens with one attached hydrogen (secondary N) is 1.